The molecule has 1 aliphatic rings. The molecule has 2 heterocycles. The number of aromatic amines is 1. The first-order valence-electron chi connectivity index (χ1n) is 10.1. The standard InChI is InChI=1S/C21H22N4O5S2/c26-18-8-7-14(32(29,30)24-10-3-4-11-24)13-17(18)22-19(27)9-12-25-20(28)15-5-1-2-6-16(15)23-21(25)31/h1-2,5-8,13,26H,3-4,9-12H2,(H,22,27)(H,23,31). The lowest BCUT2D eigenvalue weighted by Gasteiger charge is -2.17. The van der Waals surface area contributed by atoms with E-state index >= 15 is 0 Å². The Bertz CT molecular complexity index is 1410. The van der Waals surface area contributed by atoms with Crippen LogP contribution in [-0.4, -0.2) is 46.4 Å². The van der Waals surface area contributed by atoms with Crippen LogP contribution in [0, 0.1) is 4.77 Å². The Labute approximate surface area is 189 Å². The van der Waals surface area contributed by atoms with E-state index < -0.39 is 15.9 Å². The van der Waals surface area contributed by atoms with Crippen molar-refractivity contribution in [3.05, 3.63) is 57.6 Å². The number of phenolic OH excluding ortho intramolecular Hbond substituents is 1. The molecule has 0 aliphatic carbocycles. The molecule has 11 heteroatoms. The van der Waals surface area contributed by atoms with Gasteiger partial charge in [-0.2, -0.15) is 4.31 Å². The second-order valence-corrected chi connectivity index (χ2v) is 9.85. The first kappa shape index (κ1) is 22.2. The Kier molecular flexibility index (Phi) is 6.13. The smallest absolute Gasteiger partial charge is 0.262 e. The van der Waals surface area contributed by atoms with Crippen LogP contribution in [0.2, 0.25) is 0 Å². The van der Waals surface area contributed by atoms with Crippen LogP contribution < -0.4 is 10.9 Å². The highest BCUT2D eigenvalue weighted by Gasteiger charge is 2.28. The van der Waals surface area contributed by atoms with Crippen LogP contribution in [0.4, 0.5) is 5.69 Å². The summed E-state index contributed by atoms with van der Waals surface area (Å²) in [5.41, 5.74) is 0.300. The number of phenols is 1. The number of nitrogens with one attached hydrogen (secondary N) is 2. The molecule has 9 nitrogen and oxygen atoms in total. The van der Waals surface area contributed by atoms with Gasteiger partial charge in [0.1, 0.15) is 5.75 Å². The third kappa shape index (κ3) is 4.31. The van der Waals surface area contributed by atoms with Gasteiger partial charge in [-0.15, -0.1) is 0 Å². The fraction of sp³-hybridized carbons (Fsp3) is 0.286. The molecule has 4 rings (SSSR count). The maximum atomic E-state index is 12.8. The van der Waals surface area contributed by atoms with E-state index in [4.69, 9.17) is 12.2 Å². The second kappa shape index (κ2) is 8.85. The second-order valence-electron chi connectivity index (χ2n) is 7.52. The van der Waals surface area contributed by atoms with Crippen molar-refractivity contribution in [3.8, 4) is 5.75 Å². The van der Waals surface area contributed by atoms with E-state index in [0.29, 0.717) is 24.0 Å². The Hall–Kier alpha value is -3.02. The van der Waals surface area contributed by atoms with Crippen molar-refractivity contribution in [2.45, 2.75) is 30.7 Å². The number of para-hydroxylation sites is 1. The molecule has 0 spiro atoms. The minimum atomic E-state index is -3.69. The number of amides is 1. The summed E-state index contributed by atoms with van der Waals surface area (Å²) >= 11 is 5.24. The molecular weight excluding hydrogens is 452 g/mol. The number of sulfonamides is 1. The molecule has 0 saturated carbocycles. The van der Waals surface area contributed by atoms with Crippen molar-refractivity contribution in [1.29, 1.82) is 0 Å². The number of carbonyl (C=O) groups excluding carboxylic acids is 1. The zero-order valence-corrected chi connectivity index (χ0v) is 18.7. The van der Waals surface area contributed by atoms with Gasteiger partial charge in [0, 0.05) is 26.1 Å². The number of nitrogens with zero attached hydrogens (tertiary/aromatic N) is 2. The van der Waals surface area contributed by atoms with Crippen LogP contribution in [0.25, 0.3) is 10.9 Å². The minimum Gasteiger partial charge on any atom is -0.506 e. The van der Waals surface area contributed by atoms with E-state index in [9.17, 15) is 23.1 Å². The fourth-order valence-electron chi connectivity index (χ4n) is 3.68. The number of benzene rings is 2. The highest BCUT2D eigenvalue weighted by Crippen LogP contribution is 2.29. The van der Waals surface area contributed by atoms with Gasteiger partial charge in [0.05, 0.1) is 21.5 Å². The van der Waals surface area contributed by atoms with E-state index in [0.717, 1.165) is 12.8 Å². The highest BCUT2D eigenvalue weighted by molar-refractivity contribution is 7.89. The van der Waals surface area contributed by atoms with Crippen molar-refractivity contribution in [3.63, 3.8) is 0 Å². The molecule has 0 bridgehead atoms. The third-order valence-corrected chi connectivity index (χ3v) is 7.61. The van der Waals surface area contributed by atoms with Crippen molar-refractivity contribution in [1.82, 2.24) is 13.9 Å². The summed E-state index contributed by atoms with van der Waals surface area (Å²) in [4.78, 5) is 28.2. The lowest BCUT2D eigenvalue weighted by Crippen LogP contribution is -2.28. The average Bonchev–Trinajstić information content (AvgIpc) is 3.31. The minimum absolute atomic E-state index is 0.000642. The van der Waals surface area contributed by atoms with E-state index in [1.807, 2.05) is 0 Å². The zero-order valence-electron chi connectivity index (χ0n) is 17.1. The van der Waals surface area contributed by atoms with Crippen LogP contribution in [-0.2, 0) is 21.4 Å². The molecular formula is C21H22N4O5S2. The Balaban J connectivity index is 1.51. The monoisotopic (exact) mass is 474 g/mol. The van der Waals surface area contributed by atoms with Crippen LogP contribution in [0.5, 0.6) is 5.75 Å². The molecule has 1 aromatic heterocycles. The maximum absolute atomic E-state index is 12.8. The molecule has 32 heavy (non-hydrogen) atoms. The van der Waals surface area contributed by atoms with Gasteiger partial charge in [0.15, 0.2) is 4.77 Å². The van der Waals surface area contributed by atoms with Gasteiger partial charge in [-0.05, 0) is 55.4 Å². The molecule has 3 N–H and O–H groups in total. The number of H-pyrrole nitrogens is 1. The van der Waals surface area contributed by atoms with Crippen molar-refractivity contribution >= 4 is 44.7 Å². The first-order chi connectivity index (χ1) is 15.3. The van der Waals surface area contributed by atoms with Crippen LogP contribution in [0.3, 0.4) is 0 Å². The Morgan fingerprint density at radius 1 is 1.16 bits per heavy atom. The number of hydrogen-bond donors (Lipinski definition) is 3. The predicted molar refractivity (Wildman–Crippen MR) is 123 cm³/mol. The number of carbonyl (C=O) groups is 1. The Morgan fingerprint density at radius 3 is 2.62 bits per heavy atom. The van der Waals surface area contributed by atoms with Gasteiger partial charge < -0.3 is 15.4 Å². The molecule has 0 atom stereocenters. The molecule has 1 fully saturated rings. The first-order valence-corrected chi connectivity index (χ1v) is 12.0. The van der Waals surface area contributed by atoms with Crippen molar-refractivity contribution in [2.24, 2.45) is 0 Å². The predicted octanol–water partition coefficient (Wildman–Crippen LogP) is 2.58. The van der Waals surface area contributed by atoms with E-state index in [1.54, 1.807) is 24.3 Å². The topological polar surface area (TPSA) is 124 Å². The largest absolute Gasteiger partial charge is 0.506 e. The normalized spacial score (nSPS) is 14.6. The molecule has 1 aliphatic heterocycles. The molecule has 168 valence electrons. The Morgan fingerprint density at radius 2 is 1.88 bits per heavy atom. The van der Waals surface area contributed by atoms with Crippen molar-refractivity contribution in [2.75, 3.05) is 18.4 Å². The maximum Gasteiger partial charge on any atom is 0.262 e. The number of aromatic hydroxyl groups is 1. The van der Waals surface area contributed by atoms with Gasteiger partial charge >= 0.3 is 0 Å². The van der Waals surface area contributed by atoms with Crippen LogP contribution in [0.15, 0.2) is 52.2 Å². The lowest BCUT2D eigenvalue weighted by molar-refractivity contribution is -0.116. The lowest BCUT2D eigenvalue weighted by atomic mass is 10.2. The molecule has 1 amide bonds. The highest BCUT2D eigenvalue weighted by atomic mass is 32.2. The van der Waals surface area contributed by atoms with Gasteiger partial charge in [-0.25, -0.2) is 8.42 Å². The quantitative estimate of drug-likeness (QED) is 0.373. The van der Waals surface area contributed by atoms with Gasteiger partial charge in [0.2, 0.25) is 15.9 Å². The summed E-state index contributed by atoms with van der Waals surface area (Å²) < 4.78 is 28.4. The number of hydrogen-bond acceptors (Lipinski definition) is 6. The summed E-state index contributed by atoms with van der Waals surface area (Å²) in [6.45, 7) is 0.926. The number of fused-ring (bicyclic) bond motifs is 1. The molecule has 1 saturated heterocycles. The van der Waals surface area contributed by atoms with Crippen LogP contribution in [0.1, 0.15) is 19.3 Å². The zero-order chi connectivity index (χ0) is 22.9. The molecule has 3 aromatic rings. The van der Waals surface area contributed by atoms with E-state index in [-0.39, 0.29) is 39.6 Å². The van der Waals surface area contributed by atoms with Crippen molar-refractivity contribution < 1.29 is 18.3 Å². The SMILES string of the molecule is O=C(CCn1c(=S)[nH]c2ccccc2c1=O)Nc1cc(S(=O)(=O)N2CCCC2)ccc1O. The van der Waals surface area contributed by atoms with Gasteiger partial charge in [0.25, 0.3) is 5.56 Å². The molecule has 2 aromatic carbocycles. The summed E-state index contributed by atoms with van der Waals surface area (Å²) in [6, 6.07) is 10.7. The van der Waals surface area contributed by atoms with Gasteiger partial charge in [-0.3, -0.25) is 14.2 Å². The van der Waals surface area contributed by atoms with Crippen LogP contribution >= 0.6 is 12.2 Å². The van der Waals surface area contributed by atoms with E-state index in [1.165, 1.54) is 27.1 Å². The summed E-state index contributed by atoms with van der Waals surface area (Å²) in [7, 11) is -3.69. The molecule has 0 radical (unpaired) electrons. The molecule has 0 unspecified atom stereocenters. The fourth-order valence-corrected chi connectivity index (χ4v) is 5.51. The third-order valence-electron chi connectivity index (χ3n) is 5.40. The average molecular weight is 475 g/mol. The van der Waals surface area contributed by atoms with Gasteiger partial charge in [-0.1, -0.05) is 12.1 Å². The number of aromatic nitrogens is 2. The summed E-state index contributed by atoms with van der Waals surface area (Å²) in [5.74, 6) is -0.746. The summed E-state index contributed by atoms with van der Waals surface area (Å²) in [6.07, 6.45) is 1.51. The number of anilines is 1. The number of rotatable bonds is 6. The summed E-state index contributed by atoms with van der Waals surface area (Å²) in [5, 5.41) is 13.1. The van der Waals surface area contributed by atoms with E-state index in [2.05, 4.69) is 10.3 Å².